The van der Waals surface area contributed by atoms with Crippen molar-refractivity contribution in [3.8, 4) is 0 Å². The van der Waals surface area contributed by atoms with Crippen molar-refractivity contribution in [2.75, 3.05) is 0 Å². The van der Waals surface area contributed by atoms with E-state index in [0.717, 1.165) is 30.2 Å². The highest BCUT2D eigenvalue weighted by molar-refractivity contribution is 6.31. The number of hydrogen-bond acceptors (Lipinski definition) is 3. The summed E-state index contributed by atoms with van der Waals surface area (Å²) < 4.78 is 18.8. The molecule has 1 aromatic carbocycles. The van der Waals surface area contributed by atoms with Crippen LogP contribution in [0.1, 0.15) is 30.4 Å². The number of benzene rings is 1. The number of amidine groups is 1. The first-order chi connectivity index (χ1) is 13.9. The van der Waals surface area contributed by atoms with E-state index >= 15 is 0 Å². The van der Waals surface area contributed by atoms with Crippen LogP contribution < -0.4 is 16.0 Å². The highest BCUT2D eigenvalue weighted by Crippen LogP contribution is 2.25. The quantitative estimate of drug-likeness (QED) is 0.290. The van der Waals surface area contributed by atoms with Gasteiger partial charge < -0.3 is 20.9 Å². The van der Waals surface area contributed by atoms with Crippen LogP contribution in [0.3, 0.4) is 0 Å². The zero-order valence-electron chi connectivity index (χ0n) is 16.2. The minimum Gasteiger partial charge on any atom is -0.389 e. The molecule has 2 heterocycles. The van der Waals surface area contributed by atoms with Crippen LogP contribution in [0.15, 0.2) is 48.0 Å². The second kappa shape index (κ2) is 8.00. The molecular formula is C21H24ClFN5O+. The van der Waals surface area contributed by atoms with Gasteiger partial charge in [-0.25, -0.2) is 8.96 Å². The molecule has 1 aliphatic carbocycles. The number of oxime groups is 1. The third-order valence-corrected chi connectivity index (χ3v) is 5.74. The van der Waals surface area contributed by atoms with E-state index in [1.54, 1.807) is 6.07 Å². The number of aryl methyl sites for hydroxylation is 1. The fourth-order valence-corrected chi connectivity index (χ4v) is 3.99. The number of hydrogen-bond donors (Lipinski definition) is 2. The van der Waals surface area contributed by atoms with Crippen LogP contribution in [0, 0.1) is 5.82 Å². The lowest BCUT2D eigenvalue weighted by molar-refractivity contribution is -0.670. The maximum Gasteiger partial charge on any atom is 0.177 e. The van der Waals surface area contributed by atoms with E-state index in [1.165, 1.54) is 6.07 Å². The molecule has 0 radical (unpaired) electrons. The van der Waals surface area contributed by atoms with E-state index in [9.17, 15) is 4.39 Å². The molecule has 6 nitrogen and oxygen atoms in total. The summed E-state index contributed by atoms with van der Waals surface area (Å²) in [5, 5.41) is 5.31. The molecular weight excluding hydrogens is 393 g/mol. The molecule has 4 N–H and O–H groups in total. The third-order valence-electron chi connectivity index (χ3n) is 5.40. The van der Waals surface area contributed by atoms with Crippen molar-refractivity contribution in [1.29, 1.82) is 0 Å². The Labute approximate surface area is 173 Å². The maximum atomic E-state index is 14.9. The van der Waals surface area contributed by atoms with E-state index in [0.29, 0.717) is 22.7 Å². The molecule has 0 saturated heterocycles. The Bertz CT molecular complexity index is 1060. The van der Waals surface area contributed by atoms with Gasteiger partial charge in [-0.15, -0.1) is 0 Å². The lowest BCUT2D eigenvalue weighted by Gasteiger charge is -2.14. The number of nitrogens with two attached hydrogens (primary N) is 2. The van der Waals surface area contributed by atoms with Crippen LogP contribution in [0.2, 0.25) is 5.02 Å². The molecule has 1 aliphatic rings. The van der Waals surface area contributed by atoms with Crippen molar-refractivity contribution in [3.63, 3.8) is 0 Å². The van der Waals surface area contributed by atoms with E-state index in [-0.39, 0.29) is 18.0 Å². The molecule has 4 rings (SSSR count). The van der Waals surface area contributed by atoms with Crippen LogP contribution in [-0.2, 0) is 18.4 Å². The molecule has 0 bridgehead atoms. The minimum absolute atomic E-state index is 0.0483. The highest BCUT2D eigenvalue weighted by Gasteiger charge is 2.26. The molecule has 152 valence electrons. The standard InChI is InChI=1S/C21H24ClFN5O/c1-27-7-6-19-13(11-27)5-8-28(19)12-15-16(22)9-14(10-17(15)23)21(25)26-29-20-4-2-3-18(20)24/h5-11,18,20H,2-4,12,24H2,1H3,(H2,25,26)/q+1. The number of nitrogens with zero attached hydrogens (tertiary/aromatic N) is 3. The first-order valence-electron chi connectivity index (χ1n) is 9.59. The number of fused-ring (bicyclic) bond motifs is 1. The lowest BCUT2D eigenvalue weighted by atomic mass is 10.1. The summed E-state index contributed by atoms with van der Waals surface area (Å²) in [6, 6.07) is 6.88. The Morgan fingerprint density at radius 1 is 1.38 bits per heavy atom. The van der Waals surface area contributed by atoms with Crippen molar-refractivity contribution >= 4 is 28.3 Å². The summed E-state index contributed by atoms with van der Waals surface area (Å²) in [6.07, 6.45) is 8.48. The number of pyridine rings is 1. The average Bonchev–Trinajstić information content (AvgIpc) is 3.28. The molecule has 0 aliphatic heterocycles. The van der Waals surface area contributed by atoms with Crippen LogP contribution in [0.25, 0.3) is 10.9 Å². The SMILES string of the molecule is C[n+]1ccc2c(ccn2Cc2c(F)cc(C(N)=NOC3CCCC3N)cc2Cl)c1. The number of aromatic nitrogens is 2. The summed E-state index contributed by atoms with van der Waals surface area (Å²) in [6.45, 7) is 0.312. The molecule has 1 fully saturated rings. The molecule has 8 heteroatoms. The number of rotatable bonds is 5. The molecule has 2 atom stereocenters. The highest BCUT2D eigenvalue weighted by atomic mass is 35.5. The maximum absolute atomic E-state index is 14.9. The number of halogens is 2. The van der Waals surface area contributed by atoms with Crippen molar-refractivity contribution in [3.05, 3.63) is 64.8 Å². The van der Waals surface area contributed by atoms with Crippen molar-refractivity contribution in [1.82, 2.24) is 4.57 Å². The zero-order valence-corrected chi connectivity index (χ0v) is 16.9. The van der Waals surface area contributed by atoms with Gasteiger partial charge in [0.15, 0.2) is 18.2 Å². The third kappa shape index (κ3) is 4.06. The minimum atomic E-state index is -0.438. The summed E-state index contributed by atoms with van der Waals surface area (Å²) in [5.74, 6) is -0.359. The van der Waals surface area contributed by atoms with E-state index < -0.39 is 5.82 Å². The Morgan fingerprint density at radius 2 is 2.21 bits per heavy atom. The Morgan fingerprint density at radius 3 is 2.93 bits per heavy atom. The molecule has 3 aromatic rings. The van der Waals surface area contributed by atoms with Crippen LogP contribution in [0.5, 0.6) is 0 Å². The zero-order chi connectivity index (χ0) is 20.5. The first kappa shape index (κ1) is 19.7. The fraction of sp³-hybridized carbons (Fsp3) is 0.333. The second-order valence-corrected chi connectivity index (χ2v) is 7.94. The second-order valence-electron chi connectivity index (χ2n) is 7.53. The van der Waals surface area contributed by atoms with E-state index in [1.807, 2.05) is 46.9 Å². The van der Waals surface area contributed by atoms with E-state index in [2.05, 4.69) is 5.16 Å². The van der Waals surface area contributed by atoms with Gasteiger partial charge in [0, 0.05) is 34.5 Å². The van der Waals surface area contributed by atoms with Gasteiger partial charge in [-0.05, 0) is 37.5 Å². The summed E-state index contributed by atoms with van der Waals surface area (Å²) in [7, 11) is 1.96. The molecule has 0 amide bonds. The molecule has 2 unspecified atom stereocenters. The Hall–Kier alpha value is -2.64. The molecule has 29 heavy (non-hydrogen) atoms. The predicted molar refractivity (Wildman–Crippen MR) is 111 cm³/mol. The largest absolute Gasteiger partial charge is 0.389 e. The summed E-state index contributed by atoms with van der Waals surface area (Å²) >= 11 is 6.39. The van der Waals surface area contributed by atoms with Gasteiger partial charge >= 0.3 is 0 Å². The fourth-order valence-electron chi connectivity index (χ4n) is 3.73. The molecule has 2 aromatic heterocycles. The van der Waals surface area contributed by atoms with Crippen molar-refractivity contribution < 1.29 is 13.8 Å². The topological polar surface area (TPSA) is 82.4 Å². The Kier molecular flexibility index (Phi) is 5.43. The van der Waals surface area contributed by atoms with Gasteiger partial charge in [0.05, 0.1) is 17.4 Å². The van der Waals surface area contributed by atoms with Crippen LogP contribution >= 0.6 is 11.6 Å². The van der Waals surface area contributed by atoms with Gasteiger partial charge in [-0.2, -0.15) is 0 Å². The Balaban J connectivity index is 1.56. The first-order valence-corrected chi connectivity index (χ1v) is 9.97. The van der Waals surface area contributed by atoms with E-state index in [4.69, 9.17) is 27.9 Å². The van der Waals surface area contributed by atoms with Crippen molar-refractivity contribution in [2.45, 2.75) is 38.0 Å². The van der Waals surface area contributed by atoms with Crippen LogP contribution in [0.4, 0.5) is 4.39 Å². The van der Waals surface area contributed by atoms with Crippen molar-refractivity contribution in [2.24, 2.45) is 23.7 Å². The molecule has 0 spiro atoms. The average molecular weight is 417 g/mol. The normalized spacial score (nSPS) is 19.8. The van der Waals surface area contributed by atoms with Gasteiger partial charge in [-0.3, -0.25) is 0 Å². The van der Waals surface area contributed by atoms with Crippen LogP contribution in [-0.4, -0.2) is 22.5 Å². The van der Waals surface area contributed by atoms with Gasteiger partial charge in [0.25, 0.3) is 0 Å². The predicted octanol–water partition coefficient (Wildman–Crippen LogP) is 2.82. The van der Waals surface area contributed by atoms with Gasteiger partial charge in [-0.1, -0.05) is 16.8 Å². The smallest absolute Gasteiger partial charge is 0.177 e. The molecule has 1 saturated carbocycles. The lowest BCUT2D eigenvalue weighted by Crippen LogP contribution is -2.30. The van der Waals surface area contributed by atoms with Gasteiger partial charge in [0.1, 0.15) is 19.0 Å². The summed E-state index contributed by atoms with van der Waals surface area (Å²) in [4.78, 5) is 5.45. The monoisotopic (exact) mass is 416 g/mol. The summed E-state index contributed by atoms with van der Waals surface area (Å²) in [5.41, 5.74) is 13.7. The van der Waals surface area contributed by atoms with Gasteiger partial charge in [0.2, 0.25) is 0 Å².